The molecule has 1 aromatic heterocycles. The highest BCUT2D eigenvalue weighted by molar-refractivity contribution is 9.10. The average molecular weight is 473 g/mol. The van der Waals surface area contributed by atoms with E-state index in [1.54, 1.807) is 4.68 Å². The first-order valence-electron chi connectivity index (χ1n) is 9.54. The summed E-state index contributed by atoms with van der Waals surface area (Å²) in [5, 5.41) is 4.60. The Hall–Kier alpha value is -1.32. The summed E-state index contributed by atoms with van der Waals surface area (Å²) in [6.45, 7) is 8.38. The molecule has 2 heterocycles. The Bertz CT molecular complexity index is 782. The number of aromatic nitrogens is 3. The van der Waals surface area contributed by atoms with Gasteiger partial charge in [-0.2, -0.15) is 4.98 Å². The molecule has 1 aromatic carbocycles. The molecule has 1 fully saturated rings. The third kappa shape index (κ3) is 5.84. The van der Waals surface area contributed by atoms with Crippen LogP contribution in [0.3, 0.4) is 0 Å². The van der Waals surface area contributed by atoms with Crippen molar-refractivity contribution in [3.63, 3.8) is 0 Å². The van der Waals surface area contributed by atoms with Crippen LogP contribution in [-0.2, 0) is 11.5 Å². The van der Waals surface area contributed by atoms with Gasteiger partial charge in [0.1, 0.15) is 6.73 Å². The fourth-order valence-corrected chi connectivity index (χ4v) is 3.96. The number of anilines is 1. The van der Waals surface area contributed by atoms with Gasteiger partial charge in [-0.15, -0.1) is 5.10 Å². The maximum atomic E-state index is 13.6. The molecule has 0 bridgehead atoms. The monoisotopic (exact) mass is 472 g/mol. The highest BCUT2D eigenvalue weighted by Crippen LogP contribution is 2.31. The second-order valence-corrected chi connectivity index (χ2v) is 15.0. The van der Waals surface area contributed by atoms with Crippen LogP contribution in [0.5, 0.6) is 0 Å². The second kappa shape index (κ2) is 8.58. The fourth-order valence-electron chi connectivity index (χ4n) is 2.94. The van der Waals surface area contributed by atoms with Crippen LogP contribution in [0, 0.1) is 0 Å². The molecular formula is C19H27BrF2N4OSi. The number of ether oxygens (including phenoxy) is 1. The van der Waals surface area contributed by atoms with E-state index in [0.717, 1.165) is 16.1 Å². The van der Waals surface area contributed by atoms with Crippen molar-refractivity contribution in [1.29, 1.82) is 0 Å². The quantitative estimate of drug-likeness (QED) is 0.407. The predicted molar refractivity (Wildman–Crippen MR) is 114 cm³/mol. The molecule has 0 unspecified atom stereocenters. The van der Waals surface area contributed by atoms with Gasteiger partial charge in [-0.05, 0) is 18.2 Å². The molecule has 3 rings (SSSR count). The predicted octanol–water partition coefficient (Wildman–Crippen LogP) is 5.26. The van der Waals surface area contributed by atoms with Crippen molar-refractivity contribution >= 4 is 30.0 Å². The molecule has 0 spiro atoms. The Morgan fingerprint density at radius 1 is 1.14 bits per heavy atom. The Morgan fingerprint density at radius 2 is 1.79 bits per heavy atom. The van der Waals surface area contributed by atoms with Gasteiger partial charge in [0.25, 0.3) is 5.92 Å². The summed E-state index contributed by atoms with van der Waals surface area (Å²) in [5.74, 6) is -1.42. The van der Waals surface area contributed by atoms with E-state index in [1.807, 2.05) is 29.2 Å². The van der Waals surface area contributed by atoms with Gasteiger partial charge in [0.05, 0.1) is 0 Å². The summed E-state index contributed by atoms with van der Waals surface area (Å²) < 4.78 is 35.7. The van der Waals surface area contributed by atoms with Gasteiger partial charge in [-0.1, -0.05) is 47.7 Å². The lowest BCUT2D eigenvalue weighted by Crippen LogP contribution is -2.40. The van der Waals surface area contributed by atoms with Crippen molar-refractivity contribution in [3.8, 4) is 11.4 Å². The number of alkyl halides is 2. The van der Waals surface area contributed by atoms with Gasteiger partial charge in [-0.3, -0.25) is 0 Å². The summed E-state index contributed by atoms with van der Waals surface area (Å²) in [4.78, 5) is 6.54. The van der Waals surface area contributed by atoms with Gasteiger partial charge in [0.2, 0.25) is 5.95 Å². The Kier molecular flexibility index (Phi) is 6.56. The summed E-state index contributed by atoms with van der Waals surface area (Å²) in [6.07, 6.45) is -0.325. The zero-order valence-corrected chi connectivity index (χ0v) is 19.2. The van der Waals surface area contributed by atoms with E-state index in [1.165, 1.54) is 0 Å². The van der Waals surface area contributed by atoms with Crippen LogP contribution in [0.25, 0.3) is 11.4 Å². The summed E-state index contributed by atoms with van der Waals surface area (Å²) >= 11 is 3.43. The third-order valence-corrected chi connectivity index (χ3v) is 6.98. The van der Waals surface area contributed by atoms with Crippen molar-refractivity contribution in [2.24, 2.45) is 0 Å². The molecule has 1 aliphatic heterocycles. The van der Waals surface area contributed by atoms with Crippen LogP contribution in [-0.4, -0.2) is 48.5 Å². The Balaban J connectivity index is 1.78. The second-order valence-electron chi connectivity index (χ2n) is 8.43. The zero-order valence-electron chi connectivity index (χ0n) is 16.6. The highest BCUT2D eigenvalue weighted by Gasteiger charge is 2.35. The molecule has 154 valence electrons. The summed E-state index contributed by atoms with van der Waals surface area (Å²) in [5.41, 5.74) is 0.882. The molecule has 9 heteroatoms. The molecule has 28 heavy (non-hydrogen) atoms. The van der Waals surface area contributed by atoms with E-state index in [2.05, 4.69) is 45.7 Å². The van der Waals surface area contributed by atoms with E-state index in [9.17, 15) is 8.78 Å². The minimum absolute atomic E-state index is 0.163. The van der Waals surface area contributed by atoms with Crippen LogP contribution in [0.4, 0.5) is 14.7 Å². The van der Waals surface area contributed by atoms with E-state index in [-0.39, 0.29) is 32.7 Å². The van der Waals surface area contributed by atoms with Crippen LogP contribution in [0.15, 0.2) is 28.7 Å². The molecule has 1 aliphatic rings. The first-order chi connectivity index (χ1) is 13.1. The van der Waals surface area contributed by atoms with Gasteiger partial charge in [0, 0.05) is 50.6 Å². The van der Waals surface area contributed by atoms with Crippen molar-refractivity contribution in [2.45, 2.75) is 51.2 Å². The molecule has 0 saturated carbocycles. The molecule has 0 radical (unpaired) electrons. The largest absolute Gasteiger partial charge is 0.359 e. The first kappa shape index (κ1) is 21.4. The molecule has 1 saturated heterocycles. The average Bonchev–Trinajstić information content (AvgIpc) is 3.03. The van der Waals surface area contributed by atoms with Gasteiger partial charge < -0.3 is 9.64 Å². The van der Waals surface area contributed by atoms with Crippen molar-refractivity contribution in [1.82, 2.24) is 14.8 Å². The van der Waals surface area contributed by atoms with Crippen molar-refractivity contribution in [2.75, 3.05) is 24.6 Å². The zero-order chi connectivity index (χ0) is 20.4. The number of benzene rings is 1. The number of nitrogens with zero attached hydrogens (tertiary/aromatic N) is 4. The van der Waals surface area contributed by atoms with Gasteiger partial charge >= 0.3 is 0 Å². The summed E-state index contributed by atoms with van der Waals surface area (Å²) in [6, 6.07) is 8.80. The maximum Gasteiger partial charge on any atom is 0.251 e. The van der Waals surface area contributed by atoms with Crippen molar-refractivity contribution < 1.29 is 13.5 Å². The minimum atomic E-state index is -2.59. The van der Waals surface area contributed by atoms with Crippen molar-refractivity contribution in [3.05, 3.63) is 28.7 Å². The van der Waals surface area contributed by atoms with Crippen LogP contribution in [0.1, 0.15) is 12.8 Å². The molecule has 0 amide bonds. The molecule has 0 atom stereocenters. The normalized spacial score (nSPS) is 17.1. The van der Waals surface area contributed by atoms with Gasteiger partial charge in [-0.25, -0.2) is 13.5 Å². The minimum Gasteiger partial charge on any atom is -0.359 e. The van der Waals surface area contributed by atoms with E-state index in [0.29, 0.717) is 18.4 Å². The summed E-state index contributed by atoms with van der Waals surface area (Å²) in [7, 11) is -1.18. The number of halogens is 3. The van der Waals surface area contributed by atoms with E-state index in [4.69, 9.17) is 4.74 Å². The molecule has 2 aromatic rings. The lowest BCUT2D eigenvalue weighted by molar-refractivity contribution is -0.0226. The smallest absolute Gasteiger partial charge is 0.251 e. The highest BCUT2D eigenvalue weighted by atomic mass is 79.9. The molecule has 5 nitrogen and oxygen atoms in total. The van der Waals surface area contributed by atoms with Gasteiger partial charge in [0.15, 0.2) is 5.82 Å². The standard InChI is InChI=1S/C19H27BrF2N4OSi/c1-28(2,3)13-12-27-14-26-18(25-10-8-19(21,22)9-11-25)23-17(24-26)15-4-6-16(20)7-5-15/h4-7H,8-14H2,1-3H3. The lowest BCUT2D eigenvalue weighted by Gasteiger charge is -2.32. The van der Waals surface area contributed by atoms with Crippen LogP contribution in [0.2, 0.25) is 25.7 Å². The SMILES string of the molecule is C[Si](C)(C)CCOCn1nc(-c2ccc(Br)cc2)nc1N1CCC(F)(F)CC1. The van der Waals surface area contributed by atoms with E-state index < -0.39 is 14.0 Å². The topological polar surface area (TPSA) is 43.2 Å². The molecular weight excluding hydrogens is 446 g/mol. The number of rotatable bonds is 7. The molecule has 0 N–H and O–H groups in total. The Labute approximate surface area is 174 Å². The fraction of sp³-hybridized carbons (Fsp3) is 0.579. The lowest BCUT2D eigenvalue weighted by atomic mass is 10.1. The van der Waals surface area contributed by atoms with Crippen LogP contribution >= 0.6 is 15.9 Å². The van der Waals surface area contributed by atoms with Crippen LogP contribution < -0.4 is 4.90 Å². The number of piperidine rings is 1. The molecule has 0 aliphatic carbocycles. The number of hydrogen-bond acceptors (Lipinski definition) is 4. The maximum absolute atomic E-state index is 13.6. The first-order valence-corrected chi connectivity index (χ1v) is 14.0. The Morgan fingerprint density at radius 3 is 2.39 bits per heavy atom. The third-order valence-electron chi connectivity index (χ3n) is 4.74. The van der Waals surface area contributed by atoms with E-state index >= 15 is 0 Å². The number of hydrogen-bond donors (Lipinski definition) is 0.